The van der Waals surface area contributed by atoms with E-state index in [4.69, 9.17) is 5.73 Å². The molecule has 0 saturated carbocycles. The summed E-state index contributed by atoms with van der Waals surface area (Å²) in [6.45, 7) is 2.13. The second-order valence-corrected chi connectivity index (χ2v) is 4.71. The number of nitrogen functional groups attached to an aromatic ring is 1. The van der Waals surface area contributed by atoms with Crippen molar-refractivity contribution in [3.05, 3.63) is 48.0 Å². The molecule has 0 amide bonds. The van der Waals surface area contributed by atoms with Gasteiger partial charge in [-0.05, 0) is 47.4 Å². The number of nitrogens with zero attached hydrogens (tertiary/aromatic N) is 1. The van der Waals surface area contributed by atoms with E-state index in [-0.39, 0.29) is 0 Å². The van der Waals surface area contributed by atoms with Gasteiger partial charge in [0.15, 0.2) is 0 Å². The zero-order valence-electron chi connectivity index (χ0n) is 11.3. The number of rotatable bonds is 3. The van der Waals surface area contributed by atoms with Gasteiger partial charge in [-0.15, -0.1) is 0 Å². The number of nitrogens with two attached hydrogens (primary N) is 1. The van der Waals surface area contributed by atoms with E-state index in [2.05, 4.69) is 48.2 Å². The molecule has 94 valence electrons. The lowest BCUT2D eigenvalue weighted by Crippen LogP contribution is -2.07. The minimum absolute atomic E-state index is 0.881. The van der Waals surface area contributed by atoms with Gasteiger partial charge in [-0.1, -0.05) is 25.1 Å². The third kappa shape index (κ3) is 2.48. The van der Waals surface area contributed by atoms with Crippen molar-refractivity contribution in [3.8, 4) is 11.1 Å². The van der Waals surface area contributed by atoms with Crippen LogP contribution in [0.4, 0.5) is 11.4 Å². The second kappa shape index (κ2) is 5.13. The van der Waals surface area contributed by atoms with Crippen LogP contribution in [0.5, 0.6) is 0 Å². The van der Waals surface area contributed by atoms with Crippen LogP contribution in [-0.4, -0.2) is 14.1 Å². The molecular weight excluding hydrogens is 220 g/mol. The van der Waals surface area contributed by atoms with E-state index in [1.165, 1.54) is 22.4 Å². The molecule has 0 spiro atoms. The van der Waals surface area contributed by atoms with E-state index in [0.717, 1.165) is 12.1 Å². The van der Waals surface area contributed by atoms with Crippen molar-refractivity contribution in [1.82, 2.24) is 0 Å². The Hall–Kier alpha value is -1.96. The molecule has 2 heteroatoms. The van der Waals surface area contributed by atoms with Gasteiger partial charge in [-0.25, -0.2) is 0 Å². The smallest absolute Gasteiger partial charge is 0.0361 e. The Kier molecular flexibility index (Phi) is 3.56. The van der Waals surface area contributed by atoms with Crippen molar-refractivity contribution in [2.45, 2.75) is 13.3 Å². The monoisotopic (exact) mass is 240 g/mol. The van der Waals surface area contributed by atoms with Gasteiger partial charge < -0.3 is 10.6 Å². The van der Waals surface area contributed by atoms with Crippen molar-refractivity contribution in [3.63, 3.8) is 0 Å². The maximum Gasteiger partial charge on any atom is 0.0361 e. The van der Waals surface area contributed by atoms with Gasteiger partial charge in [0.1, 0.15) is 0 Å². The molecule has 0 heterocycles. The van der Waals surface area contributed by atoms with Gasteiger partial charge in [0, 0.05) is 25.5 Å². The highest BCUT2D eigenvalue weighted by Crippen LogP contribution is 2.25. The van der Waals surface area contributed by atoms with Gasteiger partial charge >= 0.3 is 0 Å². The normalized spacial score (nSPS) is 10.4. The Bertz CT molecular complexity index is 527. The number of benzene rings is 2. The number of hydrogen-bond donors (Lipinski definition) is 1. The zero-order chi connectivity index (χ0) is 13.1. The molecule has 2 aromatic carbocycles. The highest BCUT2D eigenvalue weighted by Gasteiger charge is 2.02. The molecule has 0 unspecified atom stereocenters. The van der Waals surface area contributed by atoms with Crippen LogP contribution in [0, 0.1) is 0 Å². The molecule has 0 atom stereocenters. The second-order valence-electron chi connectivity index (χ2n) is 4.71. The summed E-state index contributed by atoms with van der Waals surface area (Å²) in [5.41, 5.74) is 11.7. The molecule has 0 radical (unpaired) electrons. The number of aryl methyl sites for hydroxylation is 1. The van der Waals surface area contributed by atoms with Crippen molar-refractivity contribution in [2.75, 3.05) is 24.7 Å². The SMILES string of the molecule is CCc1cc(-c2ccc(N(C)C)cc2)ccc1N. The Morgan fingerprint density at radius 1 is 0.944 bits per heavy atom. The quantitative estimate of drug-likeness (QED) is 0.831. The van der Waals surface area contributed by atoms with Gasteiger partial charge in [-0.2, -0.15) is 0 Å². The molecule has 2 rings (SSSR count). The van der Waals surface area contributed by atoms with Crippen LogP contribution in [0.2, 0.25) is 0 Å². The molecule has 0 bridgehead atoms. The van der Waals surface area contributed by atoms with E-state index in [1.807, 2.05) is 20.2 Å². The largest absolute Gasteiger partial charge is 0.399 e. The lowest BCUT2D eigenvalue weighted by molar-refractivity contribution is 1.13. The Balaban J connectivity index is 2.36. The lowest BCUT2D eigenvalue weighted by Gasteiger charge is -2.13. The average Bonchev–Trinajstić information content (AvgIpc) is 2.39. The minimum Gasteiger partial charge on any atom is -0.399 e. The first-order chi connectivity index (χ1) is 8.61. The van der Waals surface area contributed by atoms with E-state index < -0.39 is 0 Å². The predicted molar refractivity (Wildman–Crippen MR) is 80.0 cm³/mol. The Morgan fingerprint density at radius 2 is 1.56 bits per heavy atom. The summed E-state index contributed by atoms with van der Waals surface area (Å²) in [5.74, 6) is 0. The molecular formula is C16H20N2. The molecule has 0 aliphatic heterocycles. The van der Waals surface area contributed by atoms with E-state index in [9.17, 15) is 0 Å². The molecule has 18 heavy (non-hydrogen) atoms. The van der Waals surface area contributed by atoms with Crippen molar-refractivity contribution >= 4 is 11.4 Å². The van der Waals surface area contributed by atoms with Crippen LogP contribution < -0.4 is 10.6 Å². The first kappa shape index (κ1) is 12.5. The molecule has 0 aliphatic carbocycles. The predicted octanol–water partition coefficient (Wildman–Crippen LogP) is 3.56. The first-order valence-corrected chi connectivity index (χ1v) is 6.28. The Labute approximate surface area is 109 Å². The Morgan fingerprint density at radius 3 is 2.11 bits per heavy atom. The third-order valence-corrected chi connectivity index (χ3v) is 3.24. The van der Waals surface area contributed by atoms with Gasteiger partial charge in [0.05, 0.1) is 0 Å². The molecule has 0 aromatic heterocycles. The fourth-order valence-corrected chi connectivity index (χ4v) is 2.04. The molecule has 2 nitrogen and oxygen atoms in total. The summed E-state index contributed by atoms with van der Waals surface area (Å²) in [5, 5.41) is 0. The van der Waals surface area contributed by atoms with Crippen molar-refractivity contribution in [2.24, 2.45) is 0 Å². The summed E-state index contributed by atoms with van der Waals surface area (Å²) in [4.78, 5) is 2.10. The maximum absolute atomic E-state index is 5.94. The highest BCUT2D eigenvalue weighted by atomic mass is 15.1. The first-order valence-electron chi connectivity index (χ1n) is 6.28. The van der Waals surface area contributed by atoms with Crippen LogP contribution >= 0.6 is 0 Å². The van der Waals surface area contributed by atoms with Crippen LogP contribution in [0.1, 0.15) is 12.5 Å². The average molecular weight is 240 g/mol. The topological polar surface area (TPSA) is 29.3 Å². The fourth-order valence-electron chi connectivity index (χ4n) is 2.04. The van der Waals surface area contributed by atoms with E-state index in [1.54, 1.807) is 0 Å². The fraction of sp³-hybridized carbons (Fsp3) is 0.250. The van der Waals surface area contributed by atoms with Crippen LogP contribution in [0.3, 0.4) is 0 Å². The van der Waals surface area contributed by atoms with Gasteiger partial charge in [0.25, 0.3) is 0 Å². The summed E-state index contributed by atoms with van der Waals surface area (Å²) >= 11 is 0. The maximum atomic E-state index is 5.94. The standard InChI is InChI=1S/C16H20N2/c1-4-12-11-14(7-10-16(12)17)13-5-8-15(9-6-13)18(2)3/h5-11H,4,17H2,1-3H3. The highest BCUT2D eigenvalue weighted by molar-refractivity contribution is 5.69. The van der Waals surface area contributed by atoms with Crippen molar-refractivity contribution in [1.29, 1.82) is 0 Å². The molecule has 2 aromatic rings. The molecule has 0 fully saturated rings. The van der Waals surface area contributed by atoms with E-state index >= 15 is 0 Å². The number of anilines is 2. The molecule has 0 saturated heterocycles. The van der Waals surface area contributed by atoms with Crippen LogP contribution in [-0.2, 0) is 6.42 Å². The van der Waals surface area contributed by atoms with Crippen LogP contribution in [0.15, 0.2) is 42.5 Å². The zero-order valence-corrected chi connectivity index (χ0v) is 11.3. The summed E-state index contributed by atoms with van der Waals surface area (Å²) in [7, 11) is 4.10. The minimum atomic E-state index is 0.881. The third-order valence-electron chi connectivity index (χ3n) is 3.24. The van der Waals surface area contributed by atoms with E-state index in [0.29, 0.717) is 0 Å². The lowest BCUT2D eigenvalue weighted by atomic mass is 10.0. The summed E-state index contributed by atoms with van der Waals surface area (Å²) in [6, 6.07) is 14.8. The van der Waals surface area contributed by atoms with Gasteiger partial charge in [-0.3, -0.25) is 0 Å². The number of hydrogen-bond acceptors (Lipinski definition) is 2. The summed E-state index contributed by atoms with van der Waals surface area (Å²) in [6.07, 6.45) is 0.968. The van der Waals surface area contributed by atoms with Crippen molar-refractivity contribution < 1.29 is 0 Å². The molecule has 0 aliphatic rings. The molecule has 2 N–H and O–H groups in total. The van der Waals surface area contributed by atoms with Gasteiger partial charge in [0.2, 0.25) is 0 Å². The summed E-state index contributed by atoms with van der Waals surface area (Å²) < 4.78 is 0. The van der Waals surface area contributed by atoms with Crippen LogP contribution in [0.25, 0.3) is 11.1 Å².